The van der Waals surface area contributed by atoms with E-state index in [0.717, 1.165) is 10.3 Å². The molecule has 1 aromatic carbocycles. The Morgan fingerprint density at radius 3 is 2.43 bits per heavy atom. The molecule has 11 nitrogen and oxygen atoms in total. The van der Waals surface area contributed by atoms with Crippen LogP contribution in [0.1, 0.15) is 20.8 Å². The van der Waals surface area contributed by atoms with Gasteiger partial charge in [-0.15, -0.1) is 0 Å². The molecule has 1 fully saturated rings. The number of nitrogens with one attached hydrogen (secondary N) is 2. The lowest BCUT2D eigenvalue weighted by molar-refractivity contribution is -0.116. The van der Waals surface area contributed by atoms with Gasteiger partial charge in [-0.05, 0) is 45.0 Å². The molecule has 184 valence electrons. The van der Waals surface area contributed by atoms with Crippen LogP contribution in [0.5, 0.6) is 0 Å². The number of ether oxygens (including phenoxy) is 1. The zero-order valence-corrected chi connectivity index (χ0v) is 19.9. The lowest BCUT2D eigenvalue weighted by Gasteiger charge is -2.36. The number of rotatable bonds is 4. The van der Waals surface area contributed by atoms with E-state index in [1.54, 1.807) is 41.4 Å². The van der Waals surface area contributed by atoms with Gasteiger partial charge in [0.05, 0.1) is 22.8 Å². The number of H-pyrrole nitrogens is 1. The zero-order chi connectivity index (χ0) is 25.2. The van der Waals surface area contributed by atoms with Gasteiger partial charge >= 0.3 is 11.8 Å². The van der Waals surface area contributed by atoms with Crippen molar-refractivity contribution in [2.24, 2.45) is 0 Å². The largest absolute Gasteiger partial charge is 0.444 e. The van der Waals surface area contributed by atoms with E-state index in [-0.39, 0.29) is 6.09 Å². The van der Waals surface area contributed by atoms with Crippen LogP contribution in [0.25, 0.3) is 10.9 Å². The Hall–Kier alpha value is -4.15. The molecule has 11 heteroatoms. The molecule has 1 aliphatic heterocycles. The van der Waals surface area contributed by atoms with Gasteiger partial charge in [0, 0.05) is 26.2 Å². The molecule has 2 N–H and O–H groups in total. The van der Waals surface area contributed by atoms with E-state index in [9.17, 15) is 19.2 Å². The summed E-state index contributed by atoms with van der Waals surface area (Å²) >= 11 is 0. The Labute approximate surface area is 201 Å². The van der Waals surface area contributed by atoms with Crippen molar-refractivity contribution in [2.45, 2.75) is 32.9 Å². The van der Waals surface area contributed by atoms with Gasteiger partial charge in [0.1, 0.15) is 18.0 Å². The molecule has 3 aromatic rings. The van der Waals surface area contributed by atoms with E-state index >= 15 is 0 Å². The Morgan fingerprint density at radius 2 is 1.77 bits per heavy atom. The summed E-state index contributed by atoms with van der Waals surface area (Å²) in [5.74, 6) is -0.240. The third-order valence-electron chi connectivity index (χ3n) is 5.50. The van der Waals surface area contributed by atoms with Gasteiger partial charge in [-0.3, -0.25) is 14.2 Å². The third-order valence-corrected chi connectivity index (χ3v) is 5.50. The van der Waals surface area contributed by atoms with Gasteiger partial charge in [-0.25, -0.2) is 14.6 Å². The summed E-state index contributed by atoms with van der Waals surface area (Å²) in [7, 11) is 0. The maximum atomic E-state index is 12.6. The van der Waals surface area contributed by atoms with Crippen molar-refractivity contribution in [3.05, 3.63) is 63.4 Å². The lowest BCUT2D eigenvalue weighted by Crippen LogP contribution is -2.50. The molecule has 0 radical (unpaired) electrons. The monoisotopic (exact) mass is 480 g/mol. The maximum Gasteiger partial charge on any atom is 0.410 e. The number of para-hydroxylation sites is 1. The van der Waals surface area contributed by atoms with Crippen molar-refractivity contribution < 1.29 is 14.3 Å². The van der Waals surface area contributed by atoms with Gasteiger partial charge in [0.25, 0.3) is 5.56 Å². The molecule has 1 aliphatic rings. The Bertz CT molecular complexity index is 1350. The normalized spacial score (nSPS) is 14.1. The highest BCUT2D eigenvalue weighted by Gasteiger charge is 2.26. The molecule has 3 heterocycles. The summed E-state index contributed by atoms with van der Waals surface area (Å²) < 4.78 is 6.28. The summed E-state index contributed by atoms with van der Waals surface area (Å²) in [5, 5.41) is 2.94. The number of aromatic nitrogens is 3. The van der Waals surface area contributed by atoms with Crippen molar-refractivity contribution in [2.75, 3.05) is 36.4 Å². The van der Waals surface area contributed by atoms with Gasteiger partial charge in [-0.1, -0.05) is 12.1 Å². The van der Waals surface area contributed by atoms with E-state index < -0.39 is 29.3 Å². The number of amides is 2. The quantitative estimate of drug-likeness (QED) is 0.582. The minimum Gasteiger partial charge on any atom is -0.444 e. The number of carbonyl (C=O) groups excluding carboxylic acids is 2. The van der Waals surface area contributed by atoms with Gasteiger partial charge in [0.15, 0.2) is 0 Å². The fourth-order valence-corrected chi connectivity index (χ4v) is 3.79. The van der Waals surface area contributed by atoms with Crippen LogP contribution in [-0.2, 0) is 16.1 Å². The van der Waals surface area contributed by atoms with Crippen LogP contribution in [0.4, 0.5) is 16.3 Å². The van der Waals surface area contributed by atoms with Crippen LogP contribution in [-0.4, -0.2) is 63.2 Å². The van der Waals surface area contributed by atoms with E-state index in [2.05, 4.69) is 20.2 Å². The van der Waals surface area contributed by atoms with Crippen molar-refractivity contribution in [3.63, 3.8) is 0 Å². The summed E-state index contributed by atoms with van der Waals surface area (Å²) in [6.07, 6.45) is 1.31. The predicted molar refractivity (Wildman–Crippen MR) is 132 cm³/mol. The number of hydrogen-bond acceptors (Lipinski definition) is 7. The van der Waals surface area contributed by atoms with Gasteiger partial charge in [0.2, 0.25) is 5.91 Å². The predicted octanol–water partition coefficient (Wildman–Crippen LogP) is 1.78. The zero-order valence-electron chi connectivity index (χ0n) is 19.9. The number of nitrogens with zero attached hydrogens (tertiary/aromatic N) is 4. The van der Waals surface area contributed by atoms with Crippen molar-refractivity contribution in [1.29, 1.82) is 0 Å². The Balaban J connectivity index is 1.35. The van der Waals surface area contributed by atoms with Crippen LogP contribution < -0.4 is 21.5 Å². The fourth-order valence-electron chi connectivity index (χ4n) is 3.79. The van der Waals surface area contributed by atoms with Crippen molar-refractivity contribution >= 4 is 34.4 Å². The standard InChI is InChI=1S/C24H28N6O5/c1-24(2,3)35-23(34)29-12-10-28(11-13-29)16-8-9-19(25-14-16)27-20(31)15-30-21(32)17-6-4-5-7-18(17)26-22(30)33/h4-9,14H,10-13,15H2,1-3H3,(H,26,33)(H,25,27,31). The van der Waals surface area contributed by atoms with E-state index in [1.165, 1.54) is 0 Å². The number of fused-ring (bicyclic) bond motifs is 1. The molecule has 4 rings (SSSR count). The molecule has 2 aromatic heterocycles. The fraction of sp³-hybridized carbons (Fsp3) is 0.375. The van der Waals surface area contributed by atoms with E-state index in [0.29, 0.717) is 42.9 Å². The second-order valence-electron chi connectivity index (χ2n) is 9.27. The highest BCUT2D eigenvalue weighted by Crippen LogP contribution is 2.18. The van der Waals surface area contributed by atoms with E-state index in [4.69, 9.17) is 4.74 Å². The summed E-state index contributed by atoms with van der Waals surface area (Å²) in [5.41, 5.74) is -0.447. The lowest BCUT2D eigenvalue weighted by atomic mass is 10.2. The molecule has 0 aliphatic carbocycles. The van der Waals surface area contributed by atoms with Gasteiger partial charge in [-0.2, -0.15) is 0 Å². The minimum absolute atomic E-state index is 0.302. The number of benzene rings is 1. The smallest absolute Gasteiger partial charge is 0.410 e. The minimum atomic E-state index is -0.655. The molecule has 0 spiro atoms. The SMILES string of the molecule is CC(C)(C)OC(=O)N1CCN(c2ccc(NC(=O)Cn3c(=O)[nH]c4ccccc4c3=O)nc2)CC1. The molecular weight excluding hydrogens is 452 g/mol. The van der Waals surface area contributed by atoms with Crippen LogP contribution in [0.2, 0.25) is 0 Å². The summed E-state index contributed by atoms with van der Waals surface area (Å²) in [6, 6.07) is 10.1. The highest BCUT2D eigenvalue weighted by molar-refractivity contribution is 5.90. The summed E-state index contributed by atoms with van der Waals surface area (Å²) in [6.45, 7) is 7.39. The molecule has 0 unspecified atom stereocenters. The topological polar surface area (TPSA) is 130 Å². The molecule has 0 atom stereocenters. The first-order valence-electron chi connectivity index (χ1n) is 11.3. The first-order chi connectivity index (χ1) is 16.6. The number of carbonyl (C=O) groups is 2. The number of pyridine rings is 1. The molecule has 1 saturated heterocycles. The Morgan fingerprint density at radius 1 is 1.06 bits per heavy atom. The van der Waals surface area contributed by atoms with Gasteiger partial charge < -0.3 is 24.8 Å². The molecule has 0 bridgehead atoms. The average molecular weight is 481 g/mol. The number of piperazine rings is 1. The molecule has 2 amide bonds. The van der Waals surface area contributed by atoms with Crippen LogP contribution in [0.3, 0.4) is 0 Å². The van der Waals surface area contributed by atoms with E-state index in [1.807, 2.05) is 26.8 Å². The second kappa shape index (κ2) is 9.61. The first-order valence-corrected chi connectivity index (χ1v) is 11.3. The van der Waals surface area contributed by atoms with Crippen LogP contribution in [0, 0.1) is 0 Å². The Kier molecular flexibility index (Phi) is 6.59. The van der Waals surface area contributed by atoms with Crippen LogP contribution >= 0.6 is 0 Å². The second-order valence-corrected chi connectivity index (χ2v) is 9.27. The molecular formula is C24H28N6O5. The van der Waals surface area contributed by atoms with Crippen LogP contribution in [0.15, 0.2) is 52.2 Å². The average Bonchev–Trinajstić information content (AvgIpc) is 2.81. The number of anilines is 2. The number of aromatic amines is 1. The molecule has 35 heavy (non-hydrogen) atoms. The first kappa shape index (κ1) is 24.0. The highest BCUT2D eigenvalue weighted by atomic mass is 16.6. The van der Waals surface area contributed by atoms with Crippen molar-refractivity contribution in [3.8, 4) is 0 Å². The molecule has 0 saturated carbocycles. The summed E-state index contributed by atoms with van der Waals surface area (Å²) in [4.78, 5) is 60.2. The third kappa shape index (κ3) is 5.68. The number of hydrogen-bond donors (Lipinski definition) is 2. The maximum absolute atomic E-state index is 12.6. The van der Waals surface area contributed by atoms with Crippen molar-refractivity contribution in [1.82, 2.24) is 19.4 Å².